The van der Waals surface area contributed by atoms with Crippen LogP contribution in [0.3, 0.4) is 0 Å². The summed E-state index contributed by atoms with van der Waals surface area (Å²) in [5.74, 6) is -0.343. The maximum atomic E-state index is 13.0. The lowest BCUT2D eigenvalue weighted by atomic mass is 10.0. The largest absolute Gasteiger partial charge is 0.381 e. The molecule has 1 N–H and O–H groups in total. The average molecular weight is 361 g/mol. The number of halogens is 1. The minimum Gasteiger partial charge on any atom is -0.381 e. The summed E-state index contributed by atoms with van der Waals surface area (Å²) in [7, 11) is 0. The summed E-state index contributed by atoms with van der Waals surface area (Å²) in [6.45, 7) is 1.25. The number of rotatable bonds is 4. The highest BCUT2D eigenvalue weighted by molar-refractivity contribution is 6.05. The number of carbonyl (C=O) groups is 1. The van der Waals surface area contributed by atoms with Gasteiger partial charge in [-0.25, -0.2) is 4.39 Å². The molecule has 1 aromatic heterocycles. The van der Waals surface area contributed by atoms with Crippen molar-refractivity contribution in [1.82, 2.24) is 4.98 Å². The summed E-state index contributed by atoms with van der Waals surface area (Å²) in [4.78, 5) is 19.1. The normalized spacial score (nSPS) is 13.1. The fraction of sp³-hybridized carbons (Fsp3) is 0.182. The number of nitrogens with zero attached hydrogens (tertiary/aromatic N) is 2. The van der Waals surface area contributed by atoms with E-state index in [9.17, 15) is 9.18 Å². The second-order valence-electron chi connectivity index (χ2n) is 6.60. The molecule has 27 heavy (non-hydrogen) atoms. The fourth-order valence-corrected chi connectivity index (χ4v) is 3.35. The van der Waals surface area contributed by atoms with Crippen molar-refractivity contribution in [2.45, 2.75) is 19.4 Å². The van der Waals surface area contributed by atoms with E-state index in [0.717, 1.165) is 29.8 Å². The van der Waals surface area contributed by atoms with Gasteiger partial charge in [-0.2, -0.15) is 0 Å². The Bertz CT molecular complexity index is 956. The van der Waals surface area contributed by atoms with Crippen LogP contribution in [0.2, 0.25) is 0 Å². The first-order valence-corrected chi connectivity index (χ1v) is 9.05. The number of anilines is 2. The first-order valence-electron chi connectivity index (χ1n) is 9.05. The van der Waals surface area contributed by atoms with E-state index in [1.165, 1.54) is 17.7 Å². The number of fused-ring (bicyclic) bond motifs is 1. The molecule has 0 saturated heterocycles. The Hall–Kier alpha value is -3.21. The molecule has 0 unspecified atom stereocenters. The van der Waals surface area contributed by atoms with Crippen LogP contribution in [0.4, 0.5) is 15.8 Å². The second kappa shape index (κ2) is 7.58. The molecule has 0 spiro atoms. The van der Waals surface area contributed by atoms with Gasteiger partial charge in [-0.3, -0.25) is 9.78 Å². The summed E-state index contributed by atoms with van der Waals surface area (Å²) in [6, 6.07) is 18.0. The van der Waals surface area contributed by atoms with E-state index in [2.05, 4.69) is 16.4 Å². The van der Waals surface area contributed by atoms with Crippen molar-refractivity contribution < 1.29 is 9.18 Å². The van der Waals surface area contributed by atoms with Crippen LogP contribution in [-0.4, -0.2) is 17.4 Å². The molecule has 3 aromatic rings. The summed E-state index contributed by atoms with van der Waals surface area (Å²) in [5, 5.41) is 3.26. The van der Waals surface area contributed by atoms with E-state index in [1.54, 1.807) is 24.4 Å². The highest BCUT2D eigenvalue weighted by atomic mass is 19.1. The van der Waals surface area contributed by atoms with Gasteiger partial charge in [0.25, 0.3) is 5.91 Å². The van der Waals surface area contributed by atoms with Gasteiger partial charge in [0.15, 0.2) is 0 Å². The number of hydrogen-bond acceptors (Lipinski definition) is 3. The van der Waals surface area contributed by atoms with Gasteiger partial charge in [-0.15, -0.1) is 0 Å². The Balaban J connectivity index is 1.51. The van der Waals surface area contributed by atoms with Crippen LogP contribution in [0.1, 0.15) is 28.0 Å². The molecule has 0 fully saturated rings. The van der Waals surface area contributed by atoms with E-state index in [1.807, 2.05) is 29.2 Å². The number of aromatic nitrogens is 1. The van der Waals surface area contributed by atoms with Gasteiger partial charge in [-0.1, -0.05) is 30.3 Å². The van der Waals surface area contributed by atoms with Crippen LogP contribution in [-0.2, 0) is 13.0 Å². The molecule has 4 nitrogen and oxygen atoms in total. The van der Waals surface area contributed by atoms with Gasteiger partial charge in [0.1, 0.15) is 11.5 Å². The number of benzene rings is 2. The Labute approximate surface area is 157 Å². The fourth-order valence-electron chi connectivity index (χ4n) is 3.35. The topological polar surface area (TPSA) is 45.2 Å². The van der Waals surface area contributed by atoms with Gasteiger partial charge in [-0.05, 0) is 54.3 Å². The Morgan fingerprint density at radius 2 is 1.93 bits per heavy atom. The molecule has 0 aliphatic carbocycles. The van der Waals surface area contributed by atoms with Crippen molar-refractivity contribution in [3.05, 3.63) is 89.5 Å². The van der Waals surface area contributed by atoms with Gasteiger partial charge in [0.2, 0.25) is 0 Å². The zero-order valence-electron chi connectivity index (χ0n) is 14.9. The molecule has 4 rings (SSSR count). The summed E-state index contributed by atoms with van der Waals surface area (Å²) in [5.41, 5.74) is 4.35. The molecule has 2 heterocycles. The van der Waals surface area contributed by atoms with Crippen LogP contribution in [0.25, 0.3) is 0 Å². The van der Waals surface area contributed by atoms with Gasteiger partial charge in [0.05, 0.1) is 0 Å². The van der Waals surface area contributed by atoms with Crippen molar-refractivity contribution in [3.8, 4) is 0 Å². The molecular formula is C22H20FN3O. The SMILES string of the molecule is O=C(c1cc(NCc2ccc(F)cc2)ccn1)N1CCCc2ccccc21. The number of pyridine rings is 1. The molecule has 136 valence electrons. The Morgan fingerprint density at radius 1 is 1.11 bits per heavy atom. The molecular weight excluding hydrogens is 341 g/mol. The number of amides is 1. The van der Waals surface area contributed by atoms with Gasteiger partial charge >= 0.3 is 0 Å². The van der Waals surface area contributed by atoms with E-state index in [-0.39, 0.29) is 11.7 Å². The first-order chi connectivity index (χ1) is 13.2. The molecule has 1 aliphatic rings. The average Bonchev–Trinajstić information content (AvgIpc) is 2.72. The van der Waals surface area contributed by atoms with Crippen LogP contribution < -0.4 is 10.2 Å². The quantitative estimate of drug-likeness (QED) is 0.748. The Kier molecular flexibility index (Phi) is 4.83. The third kappa shape index (κ3) is 3.82. The highest BCUT2D eigenvalue weighted by Crippen LogP contribution is 2.28. The zero-order valence-corrected chi connectivity index (χ0v) is 14.9. The maximum Gasteiger partial charge on any atom is 0.276 e. The van der Waals surface area contributed by atoms with Crippen molar-refractivity contribution in [2.24, 2.45) is 0 Å². The lowest BCUT2D eigenvalue weighted by Gasteiger charge is -2.29. The Morgan fingerprint density at radius 3 is 2.78 bits per heavy atom. The second-order valence-corrected chi connectivity index (χ2v) is 6.60. The van der Waals surface area contributed by atoms with E-state index >= 15 is 0 Å². The van der Waals surface area contributed by atoms with Crippen molar-refractivity contribution >= 4 is 17.3 Å². The third-order valence-electron chi connectivity index (χ3n) is 4.74. The number of para-hydroxylation sites is 1. The predicted octanol–water partition coefficient (Wildman–Crippen LogP) is 4.43. The molecule has 0 saturated carbocycles. The van der Waals surface area contributed by atoms with Gasteiger partial charge in [0, 0.05) is 30.7 Å². The minimum absolute atomic E-state index is 0.0902. The molecule has 0 atom stereocenters. The highest BCUT2D eigenvalue weighted by Gasteiger charge is 2.24. The van der Waals surface area contributed by atoms with Crippen LogP contribution in [0, 0.1) is 5.82 Å². The third-order valence-corrected chi connectivity index (χ3v) is 4.74. The molecule has 1 amide bonds. The summed E-state index contributed by atoms with van der Waals surface area (Å²) in [6.07, 6.45) is 3.58. The number of carbonyl (C=O) groups excluding carboxylic acids is 1. The number of hydrogen-bond donors (Lipinski definition) is 1. The summed E-state index contributed by atoms with van der Waals surface area (Å²) < 4.78 is 13.0. The van der Waals surface area contributed by atoms with Crippen LogP contribution in [0.5, 0.6) is 0 Å². The lowest BCUT2D eigenvalue weighted by Crippen LogP contribution is -2.35. The first kappa shape index (κ1) is 17.2. The minimum atomic E-state index is -0.252. The maximum absolute atomic E-state index is 13.0. The molecule has 0 bridgehead atoms. The van der Waals surface area contributed by atoms with Crippen LogP contribution >= 0.6 is 0 Å². The molecule has 2 aromatic carbocycles. The number of nitrogens with one attached hydrogen (secondary N) is 1. The van der Waals surface area contributed by atoms with Crippen molar-refractivity contribution in [2.75, 3.05) is 16.8 Å². The van der Waals surface area contributed by atoms with E-state index in [0.29, 0.717) is 18.8 Å². The zero-order chi connectivity index (χ0) is 18.6. The standard InChI is InChI=1S/C22H20FN3O/c23-18-9-7-16(8-10-18)15-25-19-11-12-24-20(14-19)22(27)26-13-3-5-17-4-1-2-6-21(17)26/h1-2,4,6-12,14H,3,5,13,15H2,(H,24,25). The number of aryl methyl sites for hydroxylation is 1. The van der Waals surface area contributed by atoms with E-state index < -0.39 is 0 Å². The van der Waals surface area contributed by atoms with Crippen molar-refractivity contribution in [1.29, 1.82) is 0 Å². The van der Waals surface area contributed by atoms with E-state index in [4.69, 9.17) is 0 Å². The van der Waals surface area contributed by atoms with Gasteiger partial charge < -0.3 is 10.2 Å². The molecule has 1 aliphatic heterocycles. The predicted molar refractivity (Wildman–Crippen MR) is 104 cm³/mol. The smallest absolute Gasteiger partial charge is 0.276 e. The molecule has 0 radical (unpaired) electrons. The van der Waals surface area contributed by atoms with Crippen molar-refractivity contribution in [3.63, 3.8) is 0 Å². The summed E-state index contributed by atoms with van der Waals surface area (Å²) >= 11 is 0. The lowest BCUT2D eigenvalue weighted by molar-refractivity contribution is 0.0980. The monoisotopic (exact) mass is 361 g/mol. The molecule has 5 heteroatoms. The van der Waals surface area contributed by atoms with Crippen LogP contribution in [0.15, 0.2) is 66.9 Å².